The SMILES string of the molecule is CSc1ccccc1NC(=O)C(C)Sc1nc(N)nc(N)n1. The van der Waals surface area contributed by atoms with Crippen molar-refractivity contribution < 1.29 is 4.79 Å². The van der Waals surface area contributed by atoms with E-state index in [1.807, 2.05) is 30.5 Å². The Morgan fingerprint density at radius 2 is 1.82 bits per heavy atom. The van der Waals surface area contributed by atoms with Gasteiger partial charge in [0.2, 0.25) is 17.8 Å². The summed E-state index contributed by atoms with van der Waals surface area (Å²) in [5.41, 5.74) is 11.8. The van der Waals surface area contributed by atoms with Crippen molar-refractivity contribution in [1.82, 2.24) is 15.0 Å². The Hall–Kier alpha value is -2.00. The number of carbonyl (C=O) groups is 1. The van der Waals surface area contributed by atoms with E-state index in [0.29, 0.717) is 5.16 Å². The third kappa shape index (κ3) is 4.25. The largest absolute Gasteiger partial charge is 0.368 e. The fraction of sp³-hybridized carbons (Fsp3) is 0.231. The van der Waals surface area contributed by atoms with Crippen molar-refractivity contribution in [3.8, 4) is 0 Å². The molecule has 7 nitrogen and oxygen atoms in total. The van der Waals surface area contributed by atoms with Crippen molar-refractivity contribution in [1.29, 1.82) is 0 Å². The predicted molar refractivity (Wildman–Crippen MR) is 90.8 cm³/mol. The molecule has 1 unspecified atom stereocenters. The number of rotatable bonds is 5. The molecule has 0 radical (unpaired) electrons. The zero-order chi connectivity index (χ0) is 16.1. The van der Waals surface area contributed by atoms with Gasteiger partial charge in [0.25, 0.3) is 0 Å². The van der Waals surface area contributed by atoms with Gasteiger partial charge in [-0.3, -0.25) is 4.79 Å². The van der Waals surface area contributed by atoms with E-state index in [2.05, 4.69) is 20.3 Å². The Labute approximate surface area is 136 Å². The first-order valence-corrected chi connectivity index (χ1v) is 8.47. The van der Waals surface area contributed by atoms with E-state index in [1.165, 1.54) is 11.8 Å². The molecule has 0 aliphatic heterocycles. The fourth-order valence-electron chi connectivity index (χ4n) is 1.63. The Kier molecular flexibility index (Phi) is 5.45. The van der Waals surface area contributed by atoms with Crippen LogP contribution in [0.5, 0.6) is 0 Å². The third-order valence-corrected chi connectivity index (χ3v) is 4.42. The van der Waals surface area contributed by atoms with Crippen LogP contribution in [-0.2, 0) is 4.79 Å². The molecule has 1 atom stereocenters. The number of nitrogens with zero attached hydrogens (tertiary/aromatic N) is 3. The second kappa shape index (κ2) is 7.32. The summed E-state index contributed by atoms with van der Waals surface area (Å²) < 4.78 is 0. The van der Waals surface area contributed by atoms with Crippen molar-refractivity contribution in [3.63, 3.8) is 0 Å². The maximum atomic E-state index is 12.3. The van der Waals surface area contributed by atoms with Crippen molar-refractivity contribution >= 4 is 47.0 Å². The van der Waals surface area contributed by atoms with E-state index in [9.17, 15) is 4.79 Å². The molecule has 2 rings (SSSR count). The molecule has 0 spiro atoms. The maximum Gasteiger partial charge on any atom is 0.237 e. The van der Waals surface area contributed by atoms with Gasteiger partial charge in [-0.2, -0.15) is 15.0 Å². The summed E-state index contributed by atoms with van der Waals surface area (Å²) in [5.74, 6) is -0.0743. The number of hydrogen-bond acceptors (Lipinski definition) is 8. The number of nitrogen functional groups attached to an aromatic ring is 2. The van der Waals surface area contributed by atoms with Gasteiger partial charge < -0.3 is 16.8 Å². The number of nitrogens with one attached hydrogen (secondary N) is 1. The van der Waals surface area contributed by atoms with E-state index in [0.717, 1.165) is 10.6 Å². The minimum atomic E-state index is -0.406. The zero-order valence-corrected chi connectivity index (χ0v) is 13.7. The van der Waals surface area contributed by atoms with Crippen LogP contribution in [0.4, 0.5) is 17.6 Å². The number of para-hydroxylation sites is 1. The summed E-state index contributed by atoms with van der Waals surface area (Å²) in [4.78, 5) is 24.9. The van der Waals surface area contributed by atoms with Gasteiger partial charge in [0, 0.05) is 4.90 Å². The summed E-state index contributed by atoms with van der Waals surface area (Å²) in [6.45, 7) is 1.76. The van der Waals surface area contributed by atoms with Gasteiger partial charge in [-0.25, -0.2) is 0 Å². The molecule has 0 fully saturated rings. The van der Waals surface area contributed by atoms with E-state index >= 15 is 0 Å². The third-order valence-electron chi connectivity index (χ3n) is 2.67. The summed E-state index contributed by atoms with van der Waals surface area (Å²) in [7, 11) is 0. The summed E-state index contributed by atoms with van der Waals surface area (Å²) in [5, 5.41) is 2.81. The number of aromatic nitrogens is 3. The van der Waals surface area contributed by atoms with Crippen molar-refractivity contribution in [2.45, 2.75) is 22.2 Å². The molecular weight excluding hydrogens is 320 g/mol. The van der Waals surface area contributed by atoms with Crippen LogP contribution in [0.1, 0.15) is 6.92 Å². The fourth-order valence-corrected chi connectivity index (χ4v) is 2.96. The highest BCUT2D eigenvalue weighted by Gasteiger charge is 2.18. The number of thioether (sulfide) groups is 2. The normalized spacial score (nSPS) is 11.9. The van der Waals surface area contributed by atoms with Gasteiger partial charge in [-0.15, -0.1) is 11.8 Å². The molecule has 0 aliphatic rings. The highest BCUT2D eigenvalue weighted by Crippen LogP contribution is 2.26. The van der Waals surface area contributed by atoms with Gasteiger partial charge in [-0.1, -0.05) is 23.9 Å². The van der Waals surface area contributed by atoms with Crippen molar-refractivity contribution in [2.75, 3.05) is 23.0 Å². The summed E-state index contributed by atoms with van der Waals surface area (Å²) in [6.07, 6.45) is 1.96. The van der Waals surface area contributed by atoms with Crippen molar-refractivity contribution in [2.24, 2.45) is 0 Å². The standard InChI is InChI=1S/C13H16N6OS2/c1-7(22-13-18-11(14)17-12(15)19-13)10(20)16-8-5-3-4-6-9(8)21-2/h3-7H,1-2H3,(H,16,20)(H4,14,15,17,18,19). The van der Waals surface area contributed by atoms with Gasteiger partial charge in [0.1, 0.15) is 0 Å². The molecule has 5 N–H and O–H groups in total. The number of amides is 1. The predicted octanol–water partition coefficient (Wildman–Crippen LogP) is 1.88. The highest BCUT2D eigenvalue weighted by molar-refractivity contribution is 8.00. The van der Waals surface area contributed by atoms with E-state index < -0.39 is 5.25 Å². The second-order valence-corrected chi connectivity index (χ2v) is 6.44. The highest BCUT2D eigenvalue weighted by atomic mass is 32.2. The first-order chi connectivity index (χ1) is 10.5. The number of hydrogen-bond donors (Lipinski definition) is 3. The molecule has 1 amide bonds. The lowest BCUT2D eigenvalue weighted by molar-refractivity contribution is -0.115. The number of carbonyl (C=O) groups excluding carboxylic acids is 1. The lowest BCUT2D eigenvalue weighted by atomic mass is 10.3. The topological polar surface area (TPSA) is 120 Å². The maximum absolute atomic E-state index is 12.3. The van der Waals surface area contributed by atoms with Crippen LogP contribution < -0.4 is 16.8 Å². The van der Waals surface area contributed by atoms with Gasteiger partial charge >= 0.3 is 0 Å². The molecule has 116 valence electrons. The van der Waals surface area contributed by atoms with Crippen LogP contribution in [0.25, 0.3) is 0 Å². The van der Waals surface area contributed by atoms with Gasteiger partial charge in [-0.05, 0) is 25.3 Å². The van der Waals surface area contributed by atoms with E-state index in [-0.39, 0.29) is 17.8 Å². The van der Waals surface area contributed by atoms with Gasteiger partial charge in [0.15, 0.2) is 5.16 Å². The minimum absolute atomic E-state index is 0.0373. The average Bonchev–Trinajstić information content (AvgIpc) is 2.46. The van der Waals surface area contributed by atoms with E-state index in [4.69, 9.17) is 11.5 Å². The first-order valence-electron chi connectivity index (χ1n) is 6.37. The minimum Gasteiger partial charge on any atom is -0.368 e. The van der Waals surface area contributed by atoms with Crippen molar-refractivity contribution in [3.05, 3.63) is 24.3 Å². The molecule has 1 aromatic carbocycles. The Morgan fingerprint density at radius 1 is 1.18 bits per heavy atom. The van der Waals surface area contributed by atoms with Crippen LogP contribution in [0, 0.1) is 0 Å². The molecular formula is C13H16N6OS2. The first kappa shape index (κ1) is 16.4. The molecule has 1 aromatic heterocycles. The monoisotopic (exact) mass is 336 g/mol. The Morgan fingerprint density at radius 3 is 2.45 bits per heavy atom. The lowest BCUT2D eigenvalue weighted by Crippen LogP contribution is -2.23. The average molecular weight is 336 g/mol. The molecule has 0 saturated heterocycles. The molecule has 0 bridgehead atoms. The van der Waals surface area contributed by atoms with Crippen LogP contribution >= 0.6 is 23.5 Å². The summed E-state index contributed by atoms with van der Waals surface area (Å²) in [6, 6.07) is 7.61. The number of nitrogens with two attached hydrogens (primary N) is 2. The number of benzene rings is 1. The summed E-state index contributed by atoms with van der Waals surface area (Å²) >= 11 is 2.74. The lowest BCUT2D eigenvalue weighted by Gasteiger charge is -2.13. The molecule has 22 heavy (non-hydrogen) atoms. The van der Waals surface area contributed by atoms with Crippen LogP contribution in [-0.4, -0.2) is 32.4 Å². The van der Waals surface area contributed by atoms with Gasteiger partial charge in [0.05, 0.1) is 10.9 Å². The smallest absolute Gasteiger partial charge is 0.237 e. The second-order valence-electron chi connectivity index (χ2n) is 4.28. The molecule has 0 aliphatic carbocycles. The molecule has 9 heteroatoms. The Balaban J connectivity index is 2.06. The van der Waals surface area contributed by atoms with E-state index in [1.54, 1.807) is 18.7 Å². The number of anilines is 3. The van der Waals surface area contributed by atoms with Crippen LogP contribution in [0.3, 0.4) is 0 Å². The zero-order valence-electron chi connectivity index (χ0n) is 12.1. The Bertz CT molecular complexity index is 661. The van der Waals surface area contributed by atoms with Crippen LogP contribution in [0.2, 0.25) is 0 Å². The molecule has 0 saturated carbocycles. The van der Waals surface area contributed by atoms with Crippen LogP contribution in [0.15, 0.2) is 34.3 Å². The molecule has 2 aromatic rings. The molecule has 1 heterocycles. The quantitative estimate of drug-likeness (QED) is 0.708.